The van der Waals surface area contributed by atoms with Gasteiger partial charge < -0.3 is 19.5 Å². The molecule has 0 spiro atoms. The maximum atomic E-state index is 12.3. The molecule has 9 nitrogen and oxygen atoms in total. The molecule has 172 valence electrons. The molecule has 0 saturated heterocycles. The molecule has 2 aromatic rings. The van der Waals surface area contributed by atoms with Crippen molar-refractivity contribution in [3.8, 4) is 17.2 Å². The van der Waals surface area contributed by atoms with Gasteiger partial charge in [-0.2, -0.15) is 0 Å². The number of unbranched alkanes of at least 4 members (excludes halogenated alkanes) is 1. The van der Waals surface area contributed by atoms with E-state index in [1.807, 2.05) is 6.92 Å². The Kier molecular flexibility index (Phi) is 9.83. The number of nitrogens with one attached hydrogen (secondary N) is 3. The second kappa shape index (κ2) is 12.8. The summed E-state index contributed by atoms with van der Waals surface area (Å²) in [5.41, 5.74) is 5.22. The highest BCUT2D eigenvalue weighted by molar-refractivity contribution is 5.98. The molecule has 2 aromatic carbocycles. The number of rotatable bonds is 11. The Morgan fingerprint density at radius 1 is 0.844 bits per heavy atom. The minimum atomic E-state index is -0.580. The first-order valence-corrected chi connectivity index (χ1v) is 10.4. The number of hydrogen-bond donors (Lipinski definition) is 3. The Morgan fingerprint density at radius 2 is 1.56 bits per heavy atom. The van der Waals surface area contributed by atoms with Gasteiger partial charge in [0.25, 0.3) is 17.7 Å². The molecule has 3 N–H and O–H groups in total. The zero-order valence-electron chi connectivity index (χ0n) is 18.5. The van der Waals surface area contributed by atoms with Crippen LogP contribution in [0.4, 0.5) is 0 Å². The van der Waals surface area contributed by atoms with Gasteiger partial charge in [0.05, 0.1) is 26.9 Å². The first-order valence-electron chi connectivity index (χ1n) is 10.4. The van der Waals surface area contributed by atoms with Gasteiger partial charge in [-0.25, -0.2) is 0 Å². The molecular weight excluding hydrogens is 414 g/mol. The van der Waals surface area contributed by atoms with E-state index in [1.165, 1.54) is 13.2 Å². The lowest BCUT2D eigenvalue weighted by Gasteiger charge is -2.12. The highest BCUT2D eigenvalue weighted by atomic mass is 16.5. The van der Waals surface area contributed by atoms with Crippen LogP contribution < -0.4 is 30.4 Å². The number of hydrazine groups is 1. The lowest BCUT2D eigenvalue weighted by molar-refractivity contribution is -0.120. The second-order valence-electron chi connectivity index (χ2n) is 6.71. The van der Waals surface area contributed by atoms with E-state index in [2.05, 4.69) is 23.1 Å². The molecule has 0 aromatic heterocycles. The van der Waals surface area contributed by atoms with Crippen LogP contribution in [0.3, 0.4) is 0 Å². The highest BCUT2D eigenvalue weighted by Gasteiger charge is 2.13. The Morgan fingerprint density at radius 3 is 2.22 bits per heavy atom. The largest absolute Gasteiger partial charge is 0.494 e. The normalized spacial score (nSPS) is 10.1. The van der Waals surface area contributed by atoms with Gasteiger partial charge in [-0.15, -0.1) is 0 Å². The molecule has 0 aliphatic carbocycles. The van der Waals surface area contributed by atoms with Gasteiger partial charge in [0.15, 0.2) is 11.5 Å². The summed E-state index contributed by atoms with van der Waals surface area (Å²) in [6.07, 6.45) is 2.00. The van der Waals surface area contributed by atoms with Crippen LogP contribution in [-0.4, -0.2) is 44.6 Å². The summed E-state index contributed by atoms with van der Waals surface area (Å²) in [7, 11) is 1.47. The molecule has 0 heterocycles. The molecule has 0 aliphatic rings. The summed E-state index contributed by atoms with van der Waals surface area (Å²) in [6.45, 7) is 4.69. The summed E-state index contributed by atoms with van der Waals surface area (Å²) in [4.78, 5) is 36.4. The number of benzene rings is 2. The maximum Gasteiger partial charge on any atom is 0.269 e. The third-order valence-electron chi connectivity index (χ3n) is 4.33. The fourth-order valence-corrected chi connectivity index (χ4v) is 2.63. The first kappa shape index (κ1) is 24.5. The van der Waals surface area contributed by atoms with Crippen LogP contribution >= 0.6 is 0 Å². The lowest BCUT2D eigenvalue weighted by Crippen LogP contribution is -2.46. The molecule has 0 saturated carbocycles. The average molecular weight is 444 g/mol. The maximum absolute atomic E-state index is 12.3. The molecule has 3 amide bonds. The molecule has 0 atom stereocenters. The number of ether oxygens (including phenoxy) is 3. The fraction of sp³-hybridized carbons (Fsp3) is 0.348. The summed E-state index contributed by atoms with van der Waals surface area (Å²) < 4.78 is 16.2. The summed E-state index contributed by atoms with van der Waals surface area (Å²) in [5, 5.41) is 2.49. The topological polar surface area (TPSA) is 115 Å². The minimum absolute atomic E-state index is 0.274. The monoisotopic (exact) mass is 443 g/mol. The number of amides is 3. The van der Waals surface area contributed by atoms with E-state index in [9.17, 15) is 14.4 Å². The van der Waals surface area contributed by atoms with Gasteiger partial charge >= 0.3 is 0 Å². The van der Waals surface area contributed by atoms with E-state index in [4.69, 9.17) is 14.2 Å². The summed E-state index contributed by atoms with van der Waals surface area (Å²) in [5.74, 6) is 0.0664. The van der Waals surface area contributed by atoms with Crippen molar-refractivity contribution in [2.24, 2.45) is 0 Å². The summed E-state index contributed by atoms with van der Waals surface area (Å²) in [6, 6.07) is 11.3. The Bertz CT molecular complexity index is 914. The number of hydrogen-bond acceptors (Lipinski definition) is 6. The van der Waals surface area contributed by atoms with Gasteiger partial charge in [0.1, 0.15) is 5.75 Å². The van der Waals surface area contributed by atoms with E-state index >= 15 is 0 Å². The quantitative estimate of drug-likeness (QED) is 0.363. The molecular formula is C23H29N3O6. The van der Waals surface area contributed by atoms with Gasteiger partial charge in [0.2, 0.25) is 0 Å². The van der Waals surface area contributed by atoms with Crippen molar-refractivity contribution in [3.63, 3.8) is 0 Å². The van der Waals surface area contributed by atoms with Crippen LogP contribution in [0, 0.1) is 0 Å². The average Bonchev–Trinajstić information content (AvgIpc) is 2.82. The fourth-order valence-electron chi connectivity index (χ4n) is 2.63. The number of carbonyl (C=O) groups is 3. The van der Waals surface area contributed by atoms with Crippen molar-refractivity contribution in [1.29, 1.82) is 0 Å². The van der Waals surface area contributed by atoms with Crippen LogP contribution in [0.1, 0.15) is 47.4 Å². The van der Waals surface area contributed by atoms with Crippen molar-refractivity contribution in [2.75, 3.05) is 26.9 Å². The predicted octanol–water partition coefficient (Wildman–Crippen LogP) is 2.46. The Balaban J connectivity index is 1.79. The van der Waals surface area contributed by atoms with Crippen LogP contribution in [-0.2, 0) is 4.79 Å². The zero-order valence-corrected chi connectivity index (χ0v) is 18.5. The van der Waals surface area contributed by atoms with Gasteiger partial charge in [-0.1, -0.05) is 13.3 Å². The van der Waals surface area contributed by atoms with Crippen molar-refractivity contribution in [1.82, 2.24) is 16.2 Å². The number of methoxy groups -OCH3 is 1. The van der Waals surface area contributed by atoms with E-state index < -0.39 is 17.7 Å². The van der Waals surface area contributed by atoms with Crippen molar-refractivity contribution >= 4 is 17.7 Å². The van der Waals surface area contributed by atoms with E-state index in [0.29, 0.717) is 36.0 Å². The van der Waals surface area contributed by atoms with Crippen LogP contribution in [0.2, 0.25) is 0 Å². The lowest BCUT2D eigenvalue weighted by atomic mass is 10.2. The SMILES string of the molecule is CCCCOc1ccc(C(=O)NCC(=O)NNC(=O)c2ccc(OCC)c(OC)c2)cc1. The van der Waals surface area contributed by atoms with Crippen molar-refractivity contribution < 1.29 is 28.6 Å². The molecule has 0 fully saturated rings. The van der Waals surface area contributed by atoms with Crippen molar-refractivity contribution in [2.45, 2.75) is 26.7 Å². The van der Waals surface area contributed by atoms with Crippen LogP contribution in [0.5, 0.6) is 17.2 Å². The summed E-state index contributed by atoms with van der Waals surface area (Å²) >= 11 is 0. The molecule has 2 rings (SSSR count). The number of carbonyl (C=O) groups excluding carboxylic acids is 3. The Labute approximate surface area is 187 Å². The smallest absolute Gasteiger partial charge is 0.269 e. The highest BCUT2D eigenvalue weighted by Crippen LogP contribution is 2.27. The van der Waals surface area contributed by atoms with Crippen molar-refractivity contribution in [3.05, 3.63) is 53.6 Å². The first-order chi connectivity index (χ1) is 15.5. The third-order valence-corrected chi connectivity index (χ3v) is 4.33. The predicted molar refractivity (Wildman–Crippen MR) is 119 cm³/mol. The zero-order chi connectivity index (χ0) is 23.3. The standard InChI is InChI=1S/C23H29N3O6/c1-4-6-13-32-18-10-7-16(8-11-18)22(28)24-15-21(27)25-26-23(29)17-9-12-19(31-5-2)20(14-17)30-3/h7-12,14H,4-6,13,15H2,1-3H3,(H,24,28)(H,25,27)(H,26,29). The van der Waals surface area contributed by atoms with Gasteiger partial charge in [-0.05, 0) is 55.8 Å². The molecule has 0 aliphatic heterocycles. The molecule has 0 bridgehead atoms. The van der Waals surface area contributed by atoms with E-state index in [0.717, 1.165) is 12.8 Å². The van der Waals surface area contributed by atoms with E-state index in [-0.39, 0.29) is 12.1 Å². The van der Waals surface area contributed by atoms with E-state index in [1.54, 1.807) is 36.4 Å². The molecule has 0 radical (unpaired) electrons. The minimum Gasteiger partial charge on any atom is -0.494 e. The Hall–Kier alpha value is -3.75. The molecule has 9 heteroatoms. The van der Waals surface area contributed by atoms with Gasteiger partial charge in [-0.3, -0.25) is 25.2 Å². The van der Waals surface area contributed by atoms with Crippen LogP contribution in [0.15, 0.2) is 42.5 Å². The molecule has 32 heavy (non-hydrogen) atoms. The third kappa shape index (κ3) is 7.50. The molecule has 0 unspecified atom stereocenters. The van der Waals surface area contributed by atoms with Crippen LogP contribution in [0.25, 0.3) is 0 Å². The second-order valence-corrected chi connectivity index (χ2v) is 6.71. The van der Waals surface area contributed by atoms with Gasteiger partial charge in [0, 0.05) is 11.1 Å².